The first-order chi connectivity index (χ1) is 8.97. The molecule has 0 bridgehead atoms. The molecule has 0 saturated carbocycles. The SMILES string of the molecule is CC(C)C(O)c1ccn(Cc2cc(Br)ccc2F)c1. The summed E-state index contributed by atoms with van der Waals surface area (Å²) in [5.74, 6) is -0.0543. The summed E-state index contributed by atoms with van der Waals surface area (Å²) < 4.78 is 16.4. The van der Waals surface area contributed by atoms with E-state index in [1.54, 1.807) is 12.1 Å². The monoisotopic (exact) mass is 325 g/mol. The highest BCUT2D eigenvalue weighted by molar-refractivity contribution is 9.10. The minimum Gasteiger partial charge on any atom is -0.388 e. The summed E-state index contributed by atoms with van der Waals surface area (Å²) in [6, 6.07) is 6.78. The lowest BCUT2D eigenvalue weighted by Crippen LogP contribution is -2.05. The summed E-state index contributed by atoms with van der Waals surface area (Å²) in [5, 5.41) is 9.98. The van der Waals surface area contributed by atoms with E-state index in [9.17, 15) is 9.50 Å². The van der Waals surface area contributed by atoms with Gasteiger partial charge < -0.3 is 9.67 Å². The zero-order valence-electron chi connectivity index (χ0n) is 11.0. The summed E-state index contributed by atoms with van der Waals surface area (Å²) in [5.41, 5.74) is 1.49. The average molecular weight is 326 g/mol. The molecule has 1 unspecified atom stereocenters. The van der Waals surface area contributed by atoms with Crippen LogP contribution in [0.5, 0.6) is 0 Å². The number of aliphatic hydroxyl groups excluding tert-OH is 1. The van der Waals surface area contributed by atoms with Crippen LogP contribution in [0.4, 0.5) is 4.39 Å². The van der Waals surface area contributed by atoms with Gasteiger partial charge in [0, 0.05) is 29.0 Å². The van der Waals surface area contributed by atoms with Crippen molar-refractivity contribution in [3.63, 3.8) is 0 Å². The first-order valence-electron chi connectivity index (χ1n) is 6.25. The van der Waals surface area contributed by atoms with Crippen molar-refractivity contribution < 1.29 is 9.50 Å². The Kier molecular flexibility index (Phi) is 4.42. The third-order valence-electron chi connectivity index (χ3n) is 3.11. The molecule has 19 heavy (non-hydrogen) atoms. The maximum Gasteiger partial charge on any atom is 0.128 e. The molecule has 4 heteroatoms. The number of aromatic nitrogens is 1. The molecule has 1 N–H and O–H groups in total. The lowest BCUT2D eigenvalue weighted by molar-refractivity contribution is 0.127. The van der Waals surface area contributed by atoms with Crippen LogP contribution in [0.25, 0.3) is 0 Å². The topological polar surface area (TPSA) is 25.2 Å². The molecule has 2 nitrogen and oxygen atoms in total. The molecule has 102 valence electrons. The molecule has 1 heterocycles. The van der Waals surface area contributed by atoms with Crippen molar-refractivity contribution in [2.24, 2.45) is 5.92 Å². The summed E-state index contributed by atoms with van der Waals surface area (Å²) in [6.45, 7) is 4.39. The van der Waals surface area contributed by atoms with Crippen molar-refractivity contribution in [3.8, 4) is 0 Å². The molecule has 1 atom stereocenters. The van der Waals surface area contributed by atoms with Crippen LogP contribution < -0.4 is 0 Å². The Bertz CT molecular complexity index is 565. The van der Waals surface area contributed by atoms with Crippen LogP contribution in [0.15, 0.2) is 41.1 Å². The van der Waals surface area contributed by atoms with Gasteiger partial charge in [-0.2, -0.15) is 0 Å². The first-order valence-corrected chi connectivity index (χ1v) is 7.04. The van der Waals surface area contributed by atoms with E-state index >= 15 is 0 Å². The van der Waals surface area contributed by atoms with Gasteiger partial charge in [-0.25, -0.2) is 4.39 Å². The van der Waals surface area contributed by atoms with Gasteiger partial charge in [0.05, 0.1) is 6.10 Å². The molecule has 0 spiro atoms. The molecule has 2 rings (SSSR count). The van der Waals surface area contributed by atoms with Crippen LogP contribution in [0.1, 0.15) is 31.1 Å². The summed E-state index contributed by atoms with van der Waals surface area (Å²) in [4.78, 5) is 0. The normalized spacial score (nSPS) is 12.9. The van der Waals surface area contributed by atoms with Crippen LogP contribution in [-0.2, 0) is 6.54 Å². The van der Waals surface area contributed by atoms with Gasteiger partial charge in [-0.3, -0.25) is 0 Å². The number of hydrogen-bond donors (Lipinski definition) is 1. The molecule has 0 aliphatic heterocycles. The fraction of sp³-hybridized carbons (Fsp3) is 0.333. The van der Waals surface area contributed by atoms with Crippen molar-refractivity contribution in [3.05, 3.63) is 58.1 Å². The standard InChI is InChI=1S/C15H17BrFNO/c1-10(2)15(19)11-5-6-18(8-11)9-12-7-13(16)3-4-14(12)17/h3-8,10,15,19H,9H2,1-2H3. The second kappa shape index (κ2) is 5.88. The average Bonchev–Trinajstić information content (AvgIpc) is 2.81. The molecule has 1 aromatic heterocycles. The zero-order chi connectivity index (χ0) is 14.0. The smallest absolute Gasteiger partial charge is 0.128 e. The number of rotatable bonds is 4. The number of halogens is 2. The number of aliphatic hydroxyl groups is 1. The second-order valence-electron chi connectivity index (χ2n) is 5.04. The lowest BCUT2D eigenvalue weighted by Gasteiger charge is -2.12. The van der Waals surface area contributed by atoms with Gasteiger partial charge in [0.25, 0.3) is 0 Å². The van der Waals surface area contributed by atoms with Gasteiger partial charge in [0.1, 0.15) is 5.82 Å². The molecule has 0 fully saturated rings. The van der Waals surface area contributed by atoms with Gasteiger partial charge >= 0.3 is 0 Å². The Labute approximate surface area is 121 Å². The number of hydrogen-bond acceptors (Lipinski definition) is 1. The van der Waals surface area contributed by atoms with E-state index in [2.05, 4.69) is 15.9 Å². The van der Waals surface area contributed by atoms with Crippen molar-refractivity contribution in [1.82, 2.24) is 4.57 Å². The Morgan fingerprint density at radius 2 is 2.05 bits per heavy atom. The molecular formula is C15H17BrFNO. The summed E-state index contributed by atoms with van der Waals surface area (Å²) in [6.07, 6.45) is 3.25. The van der Waals surface area contributed by atoms with Gasteiger partial charge in [-0.15, -0.1) is 0 Å². The van der Waals surface area contributed by atoms with Gasteiger partial charge in [0.2, 0.25) is 0 Å². The lowest BCUT2D eigenvalue weighted by atomic mass is 10.0. The van der Waals surface area contributed by atoms with E-state index in [0.29, 0.717) is 12.1 Å². The minimum atomic E-state index is -0.478. The highest BCUT2D eigenvalue weighted by Gasteiger charge is 2.13. The summed E-state index contributed by atoms with van der Waals surface area (Å²) >= 11 is 3.34. The van der Waals surface area contributed by atoms with Crippen LogP contribution in [0.3, 0.4) is 0 Å². The third-order valence-corrected chi connectivity index (χ3v) is 3.60. The second-order valence-corrected chi connectivity index (χ2v) is 5.96. The Hall–Kier alpha value is -1.13. The van der Waals surface area contributed by atoms with Gasteiger partial charge in [0.15, 0.2) is 0 Å². The Balaban J connectivity index is 2.18. The quantitative estimate of drug-likeness (QED) is 0.898. The molecule has 0 aliphatic rings. The fourth-order valence-electron chi connectivity index (χ4n) is 1.98. The van der Waals surface area contributed by atoms with E-state index in [1.807, 2.05) is 36.9 Å². The Morgan fingerprint density at radius 1 is 1.32 bits per heavy atom. The molecule has 0 radical (unpaired) electrons. The maximum atomic E-state index is 13.7. The van der Waals surface area contributed by atoms with Crippen molar-refractivity contribution >= 4 is 15.9 Å². The van der Waals surface area contributed by atoms with E-state index < -0.39 is 6.10 Å². The highest BCUT2D eigenvalue weighted by atomic mass is 79.9. The predicted molar refractivity (Wildman–Crippen MR) is 77.4 cm³/mol. The minimum absolute atomic E-state index is 0.165. The molecule has 2 aromatic rings. The predicted octanol–water partition coefficient (Wildman–Crippen LogP) is 4.13. The first kappa shape index (κ1) is 14.3. The molecule has 0 saturated heterocycles. The van der Waals surface area contributed by atoms with Crippen molar-refractivity contribution in [1.29, 1.82) is 0 Å². The molecular weight excluding hydrogens is 309 g/mol. The van der Waals surface area contributed by atoms with E-state index in [-0.39, 0.29) is 11.7 Å². The third kappa shape index (κ3) is 3.45. The summed E-state index contributed by atoms with van der Waals surface area (Å²) in [7, 11) is 0. The van der Waals surface area contributed by atoms with Crippen LogP contribution in [0, 0.1) is 11.7 Å². The largest absolute Gasteiger partial charge is 0.388 e. The van der Waals surface area contributed by atoms with Gasteiger partial charge in [-0.05, 0) is 35.7 Å². The highest BCUT2D eigenvalue weighted by Crippen LogP contribution is 2.22. The molecule has 1 aromatic carbocycles. The Morgan fingerprint density at radius 3 is 2.74 bits per heavy atom. The van der Waals surface area contributed by atoms with Gasteiger partial charge in [-0.1, -0.05) is 29.8 Å². The number of nitrogens with zero attached hydrogens (tertiary/aromatic N) is 1. The fourth-order valence-corrected chi connectivity index (χ4v) is 2.39. The van der Waals surface area contributed by atoms with Crippen LogP contribution in [0.2, 0.25) is 0 Å². The van der Waals surface area contributed by atoms with Crippen molar-refractivity contribution in [2.75, 3.05) is 0 Å². The van der Waals surface area contributed by atoms with Crippen LogP contribution >= 0.6 is 15.9 Å². The molecule has 0 amide bonds. The van der Waals surface area contributed by atoms with Crippen molar-refractivity contribution in [2.45, 2.75) is 26.5 Å². The van der Waals surface area contributed by atoms with Crippen LogP contribution in [-0.4, -0.2) is 9.67 Å². The zero-order valence-corrected chi connectivity index (χ0v) is 12.6. The van der Waals surface area contributed by atoms with E-state index in [0.717, 1.165) is 10.0 Å². The van der Waals surface area contributed by atoms with E-state index in [4.69, 9.17) is 0 Å². The molecule has 0 aliphatic carbocycles. The maximum absolute atomic E-state index is 13.7. The number of benzene rings is 1. The van der Waals surface area contributed by atoms with E-state index in [1.165, 1.54) is 6.07 Å².